The number of hydrogen-bond acceptors (Lipinski definition) is 4. The van der Waals surface area contributed by atoms with Crippen molar-refractivity contribution in [2.24, 2.45) is 0 Å². The summed E-state index contributed by atoms with van der Waals surface area (Å²) in [4.78, 5) is 8.33. The standard InChI is InChI=1S/C12H19N5.ClH/c1-2-3-4-5-6-7-13-11-10-8-16-17-12(10)15-9-14-11;/h8-9H,2-7H2,1H3,(H2,13,14,15,16,17);1H. The van der Waals surface area contributed by atoms with Crippen LogP contribution in [-0.4, -0.2) is 26.7 Å². The number of unbranched alkanes of at least 4 members (excludes halogenated alkanes) is 4. The highest BCUT2D eigenvalue weighted by molar-refractivity contribution is 5.85. The Bertz CT molecular complexity index is 456. The first-order valence-electron chi connectivity index (χ1n) is 6.29. The van der Waals surface area contributed by atoms with Gasteiger partial charge >= 0.3 is 0 Å². The fourth-order valence-corrected chi connectivity index (χ4v) is 1.84. The van der Waals surface area contributed by atoms with Gasteiger partial charge in [-0.3, -0.25) is 5.10 Å². The molecule has 100 valence electrons. The van der Waals surface area contributed by atoms with E-state index in [1.54, 1.807) is 12.5 Å². The second-order valence-electron chi connectivity index (χ2n) is 4.20. The molecule has 0 aliphatic carbocycles. The lowest BCUT2D eigenvalue weighted by atomic mass is 10.1. The fraction of sp³-hybridized carbons (Fsp3) is 0.583. The Labute approximate surface area is 113 Å². The minimum Gasteiger partial charge on any atom is -0.369 e. The van der Waals surface area contributed by atoms with Crippen LogP contribution < -0.4 is 5.32 Å². The summed E-state index contributed by atoms with van der Waals surface area (Å²) in [6.07, 6.45) is 9.72. The van der Waals surface area contributed by atoms with Crippen LogP contribution in [0, 0.1) is 0 Å². The molecule has 0 atom stereocenters. The third kappa shape index (κ3) is 3.84. The molecular weight excluding hydrogens is 250 g/mol. The Morgan fingerprint density at radius 1 is 1.17 bits per heavy atom. The van der Waals surface area contributed by atoms with Crippen molar-refractivity contribution in [2.75, 3.05) is 11.9 Å². The number of nitrogens with one attached hydrogen (secondary N) is 2. The number of H-pyrrole nitrogens is 1. The van der Waals surface area contributed by atoms with Crippen molar-refractivity contribution in [3.05, 3.63) is 12.5 Å². The van der Waals surface area contributed by atoms with Crippen LogP contribution in [-0.2, 0) is 0 Å². The Morgan fingerprint density at radius 2 is 2.00 bits per heavy atom. The molecule has 2 aromatic heterocycles. The number of hydrogen-bond donors (Lipinski definition) is 2. The van der Waals surface area contributed by atoms with Crippen LogP contribution in [0.25, 0.3) is 11.0 Å². The highest BCUT2D eigenvalue weighted by Gasteiger charge is 2.03. The van der Waals surface area contributed by atoms with Gasteiger partial charge in [-0.2, -0.15) is 5.10 Å². The molecule has 2 heterocycles. The van der Waals surface area contributed by atoms with Gasteiger partial charge in [0.25, 0.3) is 0 Å². The molecule has 0 unspecified atom stereocenters. The van der Waals surface area contributed by atoms with Crippen LogP contribution in [0.1, 0.15) is 39.0 Å². The second-order valence-corrected chi connectivity index (χ2v) is 4.20. The molecular formula is C12H20ClN5. The zero-order chi connectivity index (χ0) is 11.9. The van der Waals surface area contributed by atoms with Gasteiger partial charge in [-0.05, 0) is 6.42 Å². The normalized spacial score (nSPS) is 10.3. The average Bonchev–Trinajstić information content (AvgIpc) is 2.82. The summed E-state index contributed by atoms with van der Waals surface area (Å²) in [7, 11) is 0. The van der Waals surface area contributed by atoms with Gasteiger partial charge < -0.3 is 5.32 Å². The first-order valence-corrected chi connectivity index (χ1v) is 6.29. The number of halogens is 1. The number of aromatic nitrogens is 4. The van der Waals surface area contributed by atoms with Gasteiger partial charge in [0.15, 0.2) is 5.65 Å². The van der Waals surface area contributed by atoms with Gasteiger partial charge in [0.1, 0.15) is 12.1 Å². The molecule has 5 nitrogen and oxygen atoms in total. The fourth-order valence-electron chi connectivity index (χ4n) is 1.84. The molecule has 0 amide bonds. The number of anilines is 1. The topological polar surface area (TPSA) is 66.5 Å². The van der Waals surface area contributed by atoms with E-state index in [0.717, 1.165) is 23.4 Å². The van der Waals surface area contributed by atoms with Crippen LogP contribution in [0.15, 0.2) is 12.5 Å². The number of rotatable bonds is 7. The molecule has 0 aliphatic heterocycles. The van der Waals surface area contributed by atoms with E-state index in [4.69, 9.17) is 0 Å². The van der Waals surface area contributed by atoms with Crippen molar-refractivity contribution in [3.8, 4) is 0 Å². The van der Waals surface area contributed by atoms with E-state index in [-0.39, 0.29) is 12.4 Å². The summed E-state index contributed by atoms with van der Waals surface area (Å²) < 4.78 is 0. The van der Waals surface area contributed by atoms with Crippen molar-refractivity contribution in [1.82, 2.24) is 20.2 Å². The van der Waals surface area contributed by atoms with Crippen LogP contribution in [0.5, 0.6) is 0 Å². The van der Waals surface area contributed by atoms with E-state index in [1.165, 1.54) is 32.1 Å². The van der Waals surface area contributed by atoms with Crippen LogP contribution in [0.4, 0.5) is 5.82 Å². The quantitative estimate of drug-likeness (QED) is 0.758. The molecule has 2 N–H and O–H groups in total. The summed E-state index contributed by atoms with van der Waals surface area (Å²) in [5.41, 5.74) is 0.786. The highest BCUT2D eigenvalue weighted by atomic mass is 35.5. The zero-order valence-corrected chi connectivity index (χ0v) is 11.5. The summed E-state index contributed by atoms with van der Waals surface area (Å²) in [5.74, 6) is 0.874. The lowest BCUT2D eigenvalue weighted by Gasteiger charge is -2.05. The van der Waals surface area contributed by atoms with Gasteiger partial charge in [0.2, 0.25) is 0 Å². The minimum atomic E-state index is 0. The minimum absolute atomic E-state index is 0. The average molecular weight is 270 g/mol. The van der Waals surface area contributed by atoms with E-state index in [0.29, 0.717) is 0 Å². The smallest absolute Gasteiger partial charge is 0.160 e. The molecule has 0 radical (unpaired) electrons. The van der Waals surface area contributed by atoms with Gasteiger partial charge in [-0.1, -0.05) is 32.6 Å². The zero-order valence-electron chi connectivity index (χ0n) is 10.6. The third-order valence-corrected chi connectivity index (χ3v) is 2.82. The maximum Gasteiger partial charge on any atom is 0.160 e. The van der Waals surface area contributed by atoms with E-state index in [1.807, 2.05) is 0 Å². The number of fused-ring (bicyclic) bond motifs is 1. The third-order valence-electron chi connectivity index (χ3n) is 2.82. The summed E-state index contributed by atoms with van der Waals surface area (Å²) in [6.45, 7) is 3.19. The summed E-state index contributed by atoms with van der Waals surface area (Å²) in [5, 5.41) is 11.1. The molecule has 0 aliphatic rings. The van der Waals surface area contributed by atoms with Crippen molar-refractivity contribution in [3.63, 3.8) is 0 Å². The molecule has 6 heteroatoms. The summed E-state index contributed by atoms with van der Waals surface area (Å²) >= 11 is 0. The van der Waals surface area contributed by atoms with E-state index >= 15 is 0 Å². The maximum atomic E-state index is 4.23. The van der Waals surface area contributed by atoms with Crippen molar-refractivity contribution < 1.29 is 0 Å². The molecule has 2 rings (SSSR count). The molecule has 0 bridgehead atoms. The monoisotopic (exact) mass is 269 g/mol. The predicted molar refractivity (Wildman–Crippen MR) is 76.2 cm³/mol. The lowest BCUT2D eigenvalue weighted by Crippen LogP contribution is -2.03. The van der Waals surface area contributed by atoms with E-state index in [9.17, 15) is 0 Å². The molecule has 0 aromatic carbocycles. The Balaban J connectivity index is 0.00000162. The van der Waals surface area contributed by atoms with Gasteiger partial charge in [0.05, 0.1) is 11.6 Å². The number of aromatic amines is 1. The molecule has 0 fully saturated rings. The highest BCUT2D eigenvalue weighted by Crippen LogP contribution is 2.15. The van der Waals surface area contributed by atoms with Gasteiger partial charge in [0, 0.05) is 6.54 Å². The Morgan fingerprint density at radius 3 is 2.83 bits per heavy atom. The van der Waals surface area contributed by atoms with Gasteiger partial charge in [-0.25, -0.2) is 9.97 Å². The van der Waals surface area contributed by atoms with Crippen LogP contribution in [0.3, 0.4) is 0 Å². The first-order chi connectivity index (χ1) is 8.42. The lowest BCUT2D eigenvalue weighted by molar-refractivity contribution is 0.645. The van der Waals surface area contributed by atoms with E-state index in [2.05, 4.69) is 32.4 Å². The Kier molecular flexibility index (Phi) is 6.43. The SMILES string of the molecule is CCCCCCCNc1ncnc2[nH]ncc12.Cl. The Hall–Kier alpha value is -1.36. The summed E-state index contributed by atoms with van der Waals surface area (Å²) in [6, 6.07) is 0. The molecule has 0 saturated heterocycles. The maximum absolute atomic E-state index is 4.23. The van der Waals surface area contributed by atoms with Crippen molar-refractivity contribution >= 4 is 29.3 Å². The van der Waals surface area contributed by atoms with Crippen LogP contribution in [0.2, 0.25) is 0 Å². The molecule has 18 heavy (non-hydrogen) atoms. The van der Waals surface area contributed by atoms with Crippen molar-refractivity contribution in [1.29, 1.82) is 0 Å². The largest absolute Gasteiger partial charge is 0.369 e. The second kappa shape index (κ2) is 7.87. The van der Waals surface area contributed by atoms with Crippen molar-refractivity contribution in [2.45, 2.75) is 39.0 Å². The van der Waals surface area contributed by atoms with Crippen LogP contribution >= 0.6 is 12.4 Å². The molecule has 0 spiro atoms. The molecule has 2 aromatic rings. The van der Waals surface area contributed by atoms with E-state index < -0.39 is 0 Å². The molecule has 0 saturated carbocycles. The first kappa shape index (κ1) is 14.7. The predicted octanol–water partition coefficient (Wildman–Crippen LogP) is 3.16. The van der Waals surface area contributed by atoms with Gasteiger partial charge in [-0.15, -0.1) is 12.4 Å². The number of nitrogens with zero attached hydrogens (tertiary/aromatic N) is 3.